The van der Waals surface area contributed by atoms with E-state index in [1.54, 1.807) is 30.3 Å². The average Bonchev–Trinajstić information content (AvgIpc) is 3.01. The number of hydrogen-bond acceptors (Lipinski definition) is 6. The van der Waals surface area contributed by atoms with E-state index in [0.717, 1.165) is 12.7 Å². The number of aliphatic imine (C=N–C) groups is 1. The van der Waals surface area contributed by atoms with Crippen molar-refractivity contribution < 1.29 is 23.8 Å². The van der Waals surface area contributed by atoms with E-state index in [9.17, 15) is 9.59 Å². The Bertz CT molecular complexity index is 996. The predicted octanol–water partition coefficient (Wildman–Crippen LogP) is 4.45. The molecule has 144 valence electrons. The molecule has 0 atom stereocenters. The number of nitrogens with zero attached hydrogens (tertiary/aromatic N) is 1. The maximum absolute atomic E-state index is 12.2. The minimum atomic E-state index is -0.550. The fourth-order valence-electron chi connectivity index (χ4n) is 2.31. The number of benzene rings is 2. The highest BCUT2D eigenvalue weighted by Gasteiger charge is 2.25. The van der Waals surface area contributed by atoms with Crippen LogP contribution < -0.4 is 4.74 Å². The Kier molecular flexibility index (Phi) is 6.94. The van der Waals surface area contributed by atoms with E-state index in [1.165, 1.54) is 7.11 Å². The summed E-state index contributed by atoms with van der Waals surface area (Å²) in [6.45, 7) is -0.180. The van der Waals surface area contributed by atoms with Crippen LogP contribution in [0.3, 0.4) is 0 Å². The number of esters is 2. The maximum atomic E-state index is 12.2. The van der Waals surface area contributed by atoms with Crippen LogP contribution in [0.25, 0.3) is 6.08 Å². The molecular formula is C19H12ClI2NO5. The number of halogens is 3. The van der Waals surface area contributed by atoms with Crippen LogP contribution >= 0.6 is 56.8 Å². The molecule has 0 unspecified atom stereocenters. The van der Waals surface area contributed by atoms with Gasteiger partial charge in [0.25, 0.3) is 0 Å². The van der Waals surface area contributed by atoms with Crippen LogP contribution in [0.5, 0.6) is 5.75 Å². The Morgan fingerprint density at radius 1 is 1.25 bits per heavy atom. The largest absolute Gasteiger partial charge is 0.480 e. The van der Waals surface area contributed by atoms with Gasteiger partial charge in [-0.3, -0.25) is 0 Å². The van der Waals surface area contributed by atoms with Gasteiger partial charge in [0.1, 0.15) is 5.75 Å². The molecule has 1 heterocycles. The molecule has 0 N–H and O–H groups in total. The highest BCUT2D eigenvalue weighted by molar-refractivity contribution is 14.1. The lowest BCUT2D eigenvalue weighted by Crippen LogP contribution is -2.13. The van der Waals surface area contributed by atoms with Crippen molar-refractivity contribution in [3.63, 3.8) is 0 Å². The third-order valence-corrected chi connectivity index (χ3v) is 5.54. The molecular weight excluding hydrogens is 611 g/mol. The van der Waals surface area contributed by atoms with Crippen molar-refractivity contribution in [2.45, 2.75) is 0 Å². The van der Waals surface area contributed by atoms with Crippen LogP contribution in [0.4, 0.5) is 0 Å². The lowest BCUT2D eigenvalue weighted by molar-refractivity contribution is -0.143. The molecule has 1 aliphatic heterocycles. The third-order valence-electron chi connectivity index (χ3n) is 3.61. The molecule has 2 aromatic rings. The first-order valence-electron chi connectivity index (χ1n) is 7.85. The number of hydrogen-bond donors (Lipinski definition) is 0. The number of methoxy groups -OCH3 is 1. The molecule has 3 rings (SSSR count). The Balaban J connectivity index is 1.88. The average molecular weight is 624 g/mol. The van der Waals surface area contributed by atoms with E-state index in [-0.39, 0.29) is 18.2 Å². The predicted molar refractivity (Wildman–Crippen MR) is 121 cm³/mol. The van der Waals surface area contributed by atoms with Gasteiger partial charge in [0, 0.05) is 0 Å². The molecule has 0 bridgehead atoms. The first-order chi connectivity index (χ1) is 13.4. The van der Waals surface area contributed by atoms with Crippen molar-refractivity contribution in [1.82, 2.24) is 0 Å². The van der Waals surface area contributed by atoms with E-state index in [4.69, 9.17) is 21.1 Å². The lowest BCUT2D eigenvalue weighted by Gasteiger charge is -2.10. The Hall–Kier alpha value is -1.66. The van der Waals surface area contributed by atoms with Gasteiger partial charge in [-0.2, -0.15) is 0 Å². The number of rotatable bonds is 5. The first-order valence-corrected chi connectivity index (χ1v) is 10.4. The summed E-state index contributed by atoms with van der Waals surface area (Å²) in [5, 5.41) is 0.450. The monoisotopic (exact) mass is 623 g/mol. The normalized spacial score (nSPS) is 14.6. The summed E-state index contributed by atoms with van der Waals surface area (Å²) in [7, 11) is 1.30. The second-order valence-corrected chi connectivity index (χ2v) is 8.23. The SMILES string of the molecule is COC(=O)COc1c(I)cc(/C=C2\N=C(c3ccccc3Cl)OC2=O)cc1I. The molecule has 0 radical (unpaired) electrons. The van der Waals surface area contributed by atoms with Crippen LogP contribution in [-0.4, -0.2) is 31.6 Å². The Labute approximate surface area is 193 Å². The molecule has 0 saturated heterocycles. The van der Waals surface area contributed by atoms with Gasteiger partial charge in [-0.05, 0) is 81.1 Å². The number of ether oxygens (including phenoxy) is 3. The first kappa shape index (κ1) is 21.1. The molecule has 1 aliphatic rings. The topological polar surface area (TPSA) is 74.2 Å². The van der Waals surface area contributed by atoms with E-state index in [0.29, 0.717) is 16.3 Å². The van der Waals surface area contributed by atoms with Crippen molar-refractivity contribution in [3.8, 4) is 5.75 Å². The lowest BCUT2D eigenvalue weighted by atomic mass is 10.2. The third kappa shape index (κ3) is 4.84. The molecule has 0 aromatic heterocycles. The fourth-order valence-corrected chi connectivity index (χ4v) is 4.65. The number of carbonyl (C=O) groups excluding carboxylic acids is 2. The zero-order valence-electron chi connectivity index (χ0n) is 14.4. The molecule has 0 saturated carbocycles. The van der Waals surface area contributed by atoms with Gasteiger partial charge in [0.15, 0.2) is 12.3 Å². The van der Waals surface area contributed by atoms with Gasteiger partial charge in [-0.15, -0.1) is 0 Å². The Morgan fingerprint density at radius 3 is 2.57 bits per heavy atom. The molecule has 6 nitrogen and oxygen atoms in total. The maximum Gasteiger partial charge on any atom is 0.363 e. The summed E-state index contributed by atoms with van der Waals surface area (Å²) in [4.78, 5) is 27.7. The van der Waals surface area contributed by atoms with Crippen molar-refractivity contribution in [1.29, 1.82) is 0 Å². The van der Waals surface area contributed by atoms with Crippen LogP contribution in [0.2, 0.25) is 5.02 Å². The second-order valence-electron chi connectivity index (χ2n) is 5.49. The minimum absolute atomic E-state index is 0.171. The van der Waals surface area contributed by atoms with Gasteiger partial charge in [0.2, 0.25) is 5.90 Å². The van der Waals surface area contributed by atoms with E-state index < -0.39 is 11.9 Å². The summed E-state index contributed by atoms with van der Waals surface area (Å²) in [6.07, 6.45) is 1.63. The van der Waals surface area contributed by atoms with Gasteiger partial charge in [0.05, 0.1) is 24.8 Å². The summed E-state index contributed by atoms with van der Waals surface area (Å²) in [5.41, 5.74) is 1.47. The van der Waals surface area contributed by atoms with Gasteiger partial charge >= 0.3 is 11.9 Å². The molecule has 28 heavy (non-hydrogen) atoms. The highest BCUT2D eigenvalue weighted by Crippen LogP contribution is 2.31. The van der Waals surface area contributed by atoms with Crippen molar-refractivity contribution in [3.05, 3.63) is 65.4 Å². The van der Waals surface area contributed by atoms with Gasteiger partial charge in [-0.25, -0.2) is 14.6 Å². The Morgan fingerprint density at radius 2 is 1.93 bits per heavy atom. The van der Waals surface area contributed by atoms with Crippen LogP contribution in [0, 0.1) is 7.14 Å². The number of cyclic esters (lactones) is 1. The quantitative estimate of drug-likeness (QED) is 0.280. The standard InChI is InChI=1S/C19H12ClI2NO5/c1-26-16(24)9-27-17-13(21)6-10(7-14(17)22)8-15-19(25)28-18(23-15)11-4-2-3-5-12(11)20/h2-8H,9H2,1H3/b15-8-. The van der Waals surface area contributed by atoms with Crippen LogP contribution in [0.15, 0.2) is 47.1 Å². The molecule has 0 spiro atoms. The van der Waals surface area contributed by atoms with Crippen molar-refractivity contribution in [2.75, 3.05) is 13.7 Å². The number of carbonyl (C=O) groups is 2. The highest BCUT2D eigenvalue weighted by atomic mass is 127. The van der Waals surface area contributed by atoms with Crippen LogP contribution in [0.1, 0.15) is 11.1 Å². The van der Waals surface area contributed by atoms with Gasteiger partial charge < -0.3 is 14.2 Å². The van der Waals surface area contributed by atoms with Crippen LogP contribution in [-0.2, 0) is 19.1 Å². The zero-order valence-corrected chi connectivity index (χ0v) is 19.4. The van der Waals surface area contributed by atoms with Crippen molar-refractivity contribution in [2.24, 2.45) is 4.99 Å². The smallest absolute Gasteiger partial charge is 0.363 e. The summed E-state index contributed by atoms with van der Waals surface area (Å²) >= 11 is 10.3. The van der Waals surface area contributed by atoms with Crippen molar-refractivity contribution >= 4 is 80.7 Å². The zero-order chi connectivity index (χ0) is 20.3. The fraction of sp³-hybridized carbons (Fsp3) is 0.105. The van der Waals surface area contributed by atoms with E-state index >= 15 is 0 Å². The minimum Gasteiger partial charge on any atom is -0.480 e. The molecule has 0 fully saturated rings. The molecule has 9 heteroatoms. The molecule has 0 aliphatic carbocycles. The molecule has 2 aromatic carbocycles. The van der Waals surface area contributed by atoms with E-state index in [1.807, 2.05) is 12.1 Å². The summed E-state index contributed by atoms with van der Waals surface area (Å²) in [5.74, 6) is -0.272. The second kappa shape index (κ2) is 9.23. The molecule has 0 amide bonds. The van der Waals surface area contributed by atoms with E-state index in [2.05, 4.69) is 54.9 Å². The van der Waals surface area contributed by atoms with Gasteiger partial charge in [-0.1, -0.05) is 23.7 Å². The summed E-state index contributed by atoms with van der Waals surface area (Å²) < 4.78 is 16.9. The summed E-state index contributed by atoms with van der Waals surface area (Å²) in [6, 6.07) is 10.6.